The molecule has 0 bridgehead atoms. The number of aliphatic hydroxyl groups excluding tert-OH is 1. The maximum atomic E-state index is 9.95. The monoisotopic (exact) mass is 283 g/mol. The molecule has 0 fully saturated rings. The molecule has 0 aliphatic carbocycles. The summed E-state index contributed by atoms with van der Waals surface area (Å²) in [4.78, 5) is 0. The van der Waals surface area contributed by atoms with Crippen LogP contribution in [0.15, 0.2) is 23.4 Å². The van der Waals surface area contributed by atoms with E-state index in [1.165, 1.54) is 14.4 Å². The fraction of sp³-hybridized carbons (Fsp3) is 0.333. The van der Waals surface area contributed by atoms with Crippen molar-refractivity contribution in [3.63, 3.8) is 0 Å². The molecule has 1 atom stereocenters. The Balaban J connectivity index is 2.18. The van der Waals surface area contributed by atoms with Gasteiger partial charge in [-0.15, -0.1) is 0 Å². The van der Waals surface area contributed by atoms with Crippen LogP contribution in [0, 0.1) is 6.92 Å². The standard InChI is InChI=1S/C12H13NO2Se/c1-6-3-8-9(5-13-6)11-10(15-12(8)14)4-7(2)16-11/h3-4,12-14H,5H2,1-2H3. The zero-order chi connectivity index (χ0) is 11.3. The van der Waals surface area contributed by atoms with Crippen LogP contribution in [0.4, 0.5) is 0 Å². The summed E-state index contributed by atoms with van der Waals surface area (Å²) in [5.41, 5.74) is 3.24. The van der Waals surface area contributed by atoms with E-state index in [1.807, 2.05) is 19.1 Å². The van der Waals surface area contributed by atoms with Crippen molar-refractivity contribution in [2.45, 2.75) is 20.1 Å². The molecule has 16 heavy (non-hydrogen) atoms. The second kappa shape index (κ2) is 3.52. The van der Waals surface area contributed by atoms with Gasteiger partial charge in [-0.05, 0) is 0 Å². The molecule has 3 rings (SSSR count). The Morgan fingerprint density at radius 1 is 1.50 bits per heavy atom. The van der Waals surface area contributed by atoms with E-state index in [-0.39, 0.29) is 0 Å². The van der Waals surface area contributed by atoms with Gasteiger partial charge in [0.1, 0.15) is 0 Å². The predicted molar refractivity (Wildman–Crippen MR) is 63.4 cm³/mol. The van der Waals surface area contributed by atoms with Crippen LogP contribution in [-0.2, 0) is 0 Å². The normalized spacial score (nSPS) is 22.9. The minimum absolute atomic E-state index is 0.358. The summed E-state index contributed by atoms with van der Waals surface area (Å²) >= 11 is 0.358. The van der Waals surface area contributed by atoms with Gasteiger partial charge in [-0.1, -0.05) is 0 Å². The van der Waals surface area contributed by atoms with Crippen LogP contribution in [0.3, 0.4) is 0 Å². The van der Waals surface area contributed by atoms with Crippen molar-refractivity contribution in [3.8, 4) is 5.75 Å². The van der Waals surface area contributed by atoms with E-state index in [4.69, 9.17) is 4.74 Å². The van der Waals surface area contributed by atoms with E-state index in [1.54, 1.807) is 0 Å². The van der Waals surface area contributed by atoms with Crippen molar-refractivity contribution in [1.82, 2.24) is 5.32 Å². The molecule has 84 valence electrons. The topological polar surface area (TPSA) is 41.5 Å². The van der Waals surface area contributed by atoms with Gasteiger partial charge in [0, 0.05) is 0 Å². The van der Waals surface area contributed by atoms with Crippen LogP contribution < -0.4 is 10.1 Å². The summed E-state index contributed by atoms with van der Waals surface area (Å²) in [6.45, 7) is 4.93. The minimum atomic E-state index is -0.802. The van der Waals surface area contributed by atoms with E-state index in [0.717, 1.165) is 23.6 Å². The Labute approximate surface area is 100 Å². The fourth-order valence-corrected chi connectivity index (χ4v) is 4.22. The first-order chi connectivity index (χ1) is 7.65. The first kappa shape index (κ1) is 10.2. The third-order valence-corrected chi connectivity index (χ3v) is 5.15. The second-order valence-electron chi connectivity index (χ2n) is 4.14. The SMILES string of the molecule is CC1=CC2=C(CN1)c1[se]c(C)cc1OC2O. The molecule has 2 aliphatic heterocycles. The fourth-order valence-electron chi connectivity index (χ4n) is 2.11. The van der Waals surface area contributed by atoms with Crippen molar-refractivity contribution in [2.75, 3.05) is 6.54 Å². The summed E-state index contributed by atoms with van der Waals surface area (Å²) in [6, 6.07) is 2.05. The van der Waals surface area contributed by atoms with Crippen LogP contribution in [0.5, 0.6) is 5.75 Å². The molecule has 0 aromatic carbocycles. The molecule has 0 amide bonds. The Kier molecular flexibility index (Phi) is 2.25. The molecule has 3 heterocycles. The summed E-state index contributed by atoms with van der Waals surface area (Å²) in [5, 5.41) is 13.3. The van der Waals surface area contributed by atoms with Crippen LogP contribution >= 0.6 is 0 Å². The molecular weight excluding hydrogens is 269 g/mol. The maximum absolute atomic E-state index is 9.95. The number of aryl methyl sites for hydroxylation is 1. The van der Waals surface area contributed by atoms with Crippen molar-refractivity contribution in [1.29, 1.82) is 0 Å². The molecule has 3 nitrogen and oxygen atoms in total. The van der Waals surface area contributed by atoms with Gasteiger partial charge in [-0.25, -0.2) is 0 Å². The van der Waals surface area contributed by atoms with Crippen LogP contribution in [-0.4, -0.2) is 32.4 Å². The molecule has 2 aliphatic rings. The third-order valence-electron chi connectivity index (χ3n) is 2.86. The number of allylic oxidation sites excluding steroid dienone is 1. The number of nitrogens with one attached hydrogen (secondary N) is 1. The van der Waals surface area contributed by atoms with Crippen molar-refractivity contribution in [3.05, 3.63) is 32.3 Å². The Hall–Kier alpha value is -0.961. The average molecular weight is 282 g/mol. The van der Waals surface area contributed by atoms with Crippen LogP contribution in [0.25, 0.3) is 5.57 Å². The van der Waals surface area contributed by atoms with Crippen molar-refractivity contribution >= 4 is 20.1 Å². The van der Waals surface area contributed by atoms with E-state index in [9.17, 15) is 5.11 Å². The predicted octanol–water partition coefficient (Wildman–Crippen LogP) is 1.02. The number of ether oxygens (including phenoxy) is 1. The van der Waals surface area contributed by atoms with Crippen molar-refractivity contribution < 1.29 is 9.84 Å². The summed E-state index contributed by atoms with van der Waals surface area (Å²) in [7, 11) is 0. The number of aliphatic hydroxyl groups is 1. The molecule has 1 unspecified atom stereocenters. The van der Waals surface area contributed by atoms with Gasteiger partial charge in [0.2, 0.25) is 0 Å². The van der Waals surface area contributed by atoms with Crippen molar-refractivity contribution in [2.24, 2.45) is 0 Å². The zero-order valence-electron chi connectivity index (χ0n) is 9.20. The van der Waals surface area contributed by atoms with Gasteiger partial charge >= 0.3 is 100.0 Å². The molecular formula is C12H13NO2Se. The van der Waals surface area contributed by atoms with Gasteiger partial charge in [-0.3, -0.25) is 0 Å². The Morgan fingerprint density at radius 2 is 2.31 bits per heavy atom. The van der Waals surface area contributed by atoms with E-state index >= 15 is 0 Å². The first-order valence-corrected chi connectivity index (χ1v) is 6.97. The molecule has 1 aromatic heterocycles. The van der Waals surface area contributed by atoms with Crippen LogP contribution in [0.1, 0.15) is 15.8 Å². The molecule has 1 aromatic rings. The molecule has 0 radical (unpaired) electrons. The number of hydrogen-bond acceptors (Lipinski definition) is 3. The van der Waals surface area contributed by atoms with Crippen LogP contribution in [0.2, 0.25) is 0 Å². The quantitative estimate of drug-likeness (QED) is 0.698. The molecule has 0 saturated heterocycles. The Morgan fingerprint density at radius 3 is 3.12 bits per heavy atom. The number of rotatable bonds is 0. The summed E-state index contributed by atoms with van der Waals surface area (Å²) < 4.78 is 8.19. The van der Waals surface area contributed by atoms with Gasteiger partial charge in [0.15, 0.2) is 0 Å². The number of hydrogen-bond donors (Lipinski definition) is 2. The molecule has 0 saturated carbocycles. The van der Waals surface area contributed by atoms with Gasteiger partial charge in [0.25, 0.3) is 0 Å². The third kappa shape index (κ3) is 1.46. The van der Waals surface area contributed by atoms with Gasteiger partial charge in [0.05, 0.1) is 0 Å². The molecule has 2 N–H and O–H groups in total. The zero-order valence-corrected chi connectivity index (χ0v) is 10.9. The molecule has 0 spiro atoms. The number of fused-ring (bicyclic) bond motifs is 2. The van der Waals surface area contributed by atoms with Gasteiger partial charge in [-0.2, -0.15) is 0 Å². The summed E-state index contributed by atoms with van der Waals surface area (Å²) in [6.07, 6.45) is 1.18. The number of dihydropyridines is 1. The first-order valence-electron chi connectivity index (χ1n) is 5.26. The molecule has 4 heteroatoms. The Bertz CT molecular complexity index is 513. The average Bonchev–Trinajstić information content (AvgIpc) is 2.59. The van der Waals surface area contributed by atoms with E-state index < -0.39 is 6.29 Å². The van der Waals surface area contributed by atoms with E-state index in [0.29, 0.717) is 14.5 Å². The second-order valence-corrected chi connectivity index (χ2v) is 6.77. The van der Waals surface area contributed by atoms with Gasteiger partial charge < -0.3 is 0 Å². The van der Waals surface area contributed by atoms with E-state index in [2.05, 4.69) is 12.2 Å². The summed E-state index contributed by atoms with van der Waals surface area (Å²) in [5.74, 6) is 0.874.